The summed E-state index contributed by atoms with van der Waals surface area (Å²) >= 11 is 1.65. The molecule has 2 rings (SSSR count). The number of carboxylic acid groups (broad SMARTS) is 1. The molecule has 4 nitrogen and oxygen atoms in total. The van der Waals surface area contributed by atoms with E-state index in [4.69, 9.17) is 5.11 Å². The third-order valence-corrected chi connectivity index (χ3v) is 4.17. The molecule has 1 amide bonds. The van der Waals surface area contributed by atoms with Gasteiger partial charge in [-0.25, -0.2) is 0 Å². The number of hydrogen-bond donors (Lipinski definition) is 2. The van der Waals surface area contributed by atoms with Gasteiger partial charge in [-0.1, -0.05) is 0 Å². The van der Waals surface area contributed by atoms with Crippen molar-refractivity contribution in [3.05, 3.63) is 21.9 Å². The molecule has 1 heterocycles. The molecule has 1 aliphatic carbocycles. The van der Waals surface area contributed by atoms with Crippen LogP contribution in [0.5, 0.6) is 0 Å². The summed E-state index contributed by atoms with van der Waals surface area (Å²) < 4.78 is 0. The van der Waals surface area contributed by atoms with Crippen molar-refractivity contribution in [2.24, 2.45) is 11.8 Å². The quantitative estimate of drug-likeness (QED) is 0.862. The Kier molecular flexibility index (Phi) is 3.19. The smallest absolute Gasteiger partial charge is 0.307 e. The second kappa shape index (κ2) is 4.49. The number of carboxylic acids is 1. The van der Waals surface area contributed by atoms with Crippen LogP contribution in [0.3, 0.4) is 0 Å². The van der Waals surface area contributed by atoms with E-state index in [1.807, 2.05) is 26.0 Å². The monoisotopic (exact) mass is 253 g/mol. The maximum atomic E-state index is 11.7. The van der Waals surface area contributed by atoms with Crippen molar-refractivity contribution in [1.29, 1.82) is 0 Å². The Hall–Kier alpha value is -1.36. The Balaban J connectivity index is 1.90. The first-order valence-corrected chi connectivity index (χ1v) is 6.40. The van der Waals surface area contributed by atoms with Gasteiger partial charge in [0.15, 0.2) is 0 Å². The number of rotatable bonds is 4. The number of thiophene rings is 1. The topological polar surface area (TPSA) is 66.4 Å². The van der Waals surface area contributed by atoms with Crippen LogP contribution in [0.15, 0.2) is 12.1 Å². The van der Waals surface area contributed by atoms with Crippen LogP contribution in [0.2, 0.25) is 0 Å². The molecule has 0 aromatic carbocycles. The highest BCUT2D eigenvalue weighted by atomic mass is 32.1. The van der Waals surface area contributed by atoms with Gasteiger partial charge in [0.25, 0.3) is 0 Å². The summed E-state index contributed by atoms with van der Waals surface area (Å²) in [6.07, 6.45) is 0.470. The van der Waals surface area contributed by atoms with Crippen LogP contribution in [-0.4, -0.2) is 17.0 Å². The predicted molar refractivity (Wildman–Crippen MR) is 64.8 cm³/mol. The van der Waals surface area contributed by atoms with Gasteiger partial charge < -0.3 is 10.4 Å². The number of aryl methyl sites for hydroxylation is 1. The van der Waals surface area contributed by atoms with Crippen LogP contribution < -0.4 is 5.32 Å². The minimum Gasteiger partial charge on any atom is -0.481 e. The van der Waals surface area contributed by atoms with E-state index < -0.39 is 11.9 Å². The highest BCUT2D eigenvalue weighted by Crippen LogP contribution is 2.39. The second-order valence-corrected chi connectivity index (χ2v) is 5.79. The predicted octanol–water partition coefficient (Wildman–Crippen LogP) is 1.95. The average Bonchev–Trinajstić information content (AvgIpc) is 2.95. The lowest BCUT2D eigenvalue weighted by molar-refractivity contribution is -0.140. The molecule has 0 saturated heterocycles. The lowest BCUT2D eigenvalue weighted by atomic mass is 10.2. The first-order valence-electron chi connectivity index (χ1n) is 5.58. The third kappa shape index (κ3) is 2.66. The number of amides is 1. The molecule has 92 valence electrons. The molecule has 17 heavy (non-hydrogen) atoms. The van der Waals surface area contributed by atoms with Crippen molar-refractivity contribution in [2.45, 2.75) is 26.3 Å². The van der Waals surface area contributed by atoms with Crippen LogP contribution in [-0.2, 0) is 9.59 Å². The van der Waals surface area contributed by atoms with Crippen molar-refractivity contribution < 1.29 is 14.7 Å². The molecule has 0 bridgehead atoms. The average molecular weight is 253 g/mol. The van der Waals surface area contributed by atoms with Gasteiger partial charge in [-0.3, -0.25) is 9.59 Å². The Morgan fingerprint density at radius 3 is 2.65 bits per heavy atom. The molecular formula is C12H15NO3S. The molecule has 1 aromatic heterocycles. The molecule has 1 aliphatic rings. The number of hydrogen-bond acceptors (Lipinski definition) is 3. The molecule has 1 fully saturated rings. The van der Waals surface area contributed by atoms with E-state index in [1.54, 1.807) is 11.3 Å². The van der Waals surface area contributed by atoms with Crippen LogP contribution in [0.1, 0.15) is 29.1 Å². The number of aliphatic carboxylic acids is 1. The number of carbonyl (C=O) groups is 2. The molecule has 2 N–H and O–H groups in total. The van der Waals surface area contributed by atoms with E-state index in [0.717, 1.165) is 4.88 Å². The highest BCUT2D eigenvalue weighted by molar-refractivity contribution is 7.12. The molecule has 5 heteroatoms. The summed E-state index contributed by atoms with van der Waals surface area (Å²) in [5.41, 5.74) is 0. The van der Waals surface area contributed by atoms with E-state index in [-0.39, 0.29) is 17.9 Å². The minimum absolute atomic E-state index is 0.0451. The van der Waals surface area contributed by atoms with Crippen LogP contribution in [0, 0.1) is 18.8 Å². The fourth-order valence-corrected chi connectivity index (χ4v) is 2.72. The van der Waals surface area contributed by atoms with E-state index in [2.05, 4.69) is 5.32 Å². The van der Waals surface area contributed by atoms with Crippen molar-refractivity contribution in [2.75, 3.05) is 0 Å². The first kappa shape index (κ1) is 12.1. The lowest BCUT2D eigenvalue weighted by Gasteiger charge is -2.11. The Morgan fingerprint density at radius 1 is 1.47 bits per heavy atom. The minimum atomic E-state index is -0.871. The number of nitrogens with one attached hydrogen (secondary N) is 1. The van der Waals surface area contributed by atoms with Crippen molar-refractivity contribution in [3.63, 3.8) is 0 Å². The zero-order valence-electron chi connectivity index (χ0n) is 9.77. The summed E-state index contributed by atoms with van der Waals surface area (Å²) in [6.45, 7) is 3.94. The Bertz CT molecular complexity index is 454. The molecule has 0 spiro atoms. The Labute approximate surface area is 104 Å². The van der Waals surface area contributed by atoms with Gasteiger partial charge in [0.2, 0.25) is 5.91 Å². The molecule has 1 unspecified atom stereocenters. The maximum Gasteiger partial charge on any atom is 0.307 e. The third-order valence-electron chi connectivity index (χ3n) is 2.99. The fourth-order valence-electron chi connectivity index (χ4n) is 1.84. The van der Waals surface area contributed by atoms with E-state index >= 15 is 0 Å². The summed E-state index contributed by atoms with van der Waals surface area (Å²) in [4.78, 5) is 24.7. The zero-order valence-corrected chi connectivity index (χ0v) is 10.6. The summed E-state index contributed by atoms with van der Waals surface area (Å²) in [5.74, 6) is -1.83. The SMILES string of the molecule is Cc1ccc(C(C)NC(=O)[C@@H]2C[C@@H]2C(=O)O)s1. The largest absolute Gasteiger partial charge is 0.481 e. The van der Waals surface area contributed by atoms with Gasteiger partial charge in [-0.15, -0.1) is 11.3 Å². The fraction of sp³-hybridized carbons (Fsp3) is 0.500. The normalized spacial score (nSPS) is 24.1. The van der Waals surface area contributed by atoms with Gasteiger partial charge in [-0.2, -0.15) is 0 Å². The lowest BCUT2D eigenvalue weighted by Crippen LogP contribution is -2.28. The van der Waals surface area contributed by atoms with E-state index in [1.165, 1.54) is 4.88 Å². The van der Waals surface area contributed by atoms with E-state index in [9.17, 15) is 9.59 Å². The second-order valence-electron chi connectivity index (χ2n) is 4.47. The van der Waals surface area contributed by atoms with Gasteiger partial charge >= 0.3 is 5.97 Å². The molecule has 0 aliphatic heterocycles. The standard InChI is InChI=1S/C12H15NO3S/c1-6-3-4-10(17-6)7(2)13-11(14)8-5-9(8)12(15)16/h3-4,7-9H,5H2,1-2H3,(H,13,14)(H,15,16)/t7?,8-,9+/m1/s1. The summed E-state index contributed by atoms with van der Waals surface area (Å²) in [6, 6.07) is 3.96. The highest BCUT2D eigenvalue weighted by Gasteiger charge is 2.48. The van der Waals surface area contributed by atoms with Gasteiger partial charge in [0.1, 0.15) is 0 Å². The molecular weight excluding hydrogens is 238 g/mol. The molecule has 1 saturated carbocycles. The van der Waals surface area contributed by atoms with E-state index in [0.29, 0.717) is 6.42 Å². The number of carbonyl (C=O) groups excluding carboxylic acids is 1. The zero-order chi connectivity index (χ0) is 12.6. The van der Waals surface area contributed by atoms with Crippen LogP contribution in [0.4, 0.5) is 0 Å². The first-order chi connectivity index (χ1) is 7.99. The summed E-state index contributed by atoms with van der Waals surface area (Å²) in [7, 11) is 0. The maximum absolute atomic E-state index is 11.7. The van der Waals surface area contributed by atoms with Gasteiger partial charge in [0, 0.05) is 9.75 Å². The van der Waals surface area contributed by atoms with Crippen LogP contribution in [0.25, 0.3) is 0 Å². The molecule has 0 radical (unpaired) electrons. The van der Waals surface area contributed by atoms with Crippen molar-refractivity contribution >= 4 is 23.2 Å². The van der Waals surface area contributed by atoms with Crippen molar-refractivity contribution in [1.82, 2.24) is 5.32 Å². The van der Waals surface area contributed by atoms with Gasteiger partial charge in [-0.05, 0) is 32.4 Å². The molecule has 1 aromatic rings. The van der Waals surface area contributed by atoms with Crippen molar-refractivity contribution in [3.8, 4) is 0 Å². The van der Waals surface area contributed by atoms with Gasteiger partial charge in [0.05, 0.1) is 17.9 Å². The molecule has 3 atom stereocenters. The van der Waals surface area contributed by atoms with Crippen LogP contribution >= 0.6 is 11.3 Å². The summed E-state index contributed by atoms with van der Waals surface area (Å²) in [5, 5.41) is 11.6. The Morgan fingerprint density at radius 2 is 2.18 bits per heavy atom.